The Balaban J connectivity index is 1.51. The molecule has 2 heterocycles. The Hall–Kier alpha value is -3.11. The predicted molar refractivity (Wildman–Crippen MR) is 127 cm³/mol. The number of hydrogen-bond acceptors (Lipinski definition) is 3. The molecule has 2 aliphatic heterocycles. The van der Waals surface area contributed by atoms with Crippen LogP contribution in [0.25, 0.3) is 0 Å². The van der Waals surface area contributed by atoms with Crippen LogP contribution in [0.1, 0.15) is 41.0 Å². The van der Waals surface area contributed by atoms with Gasteiger partial charge in [0.15, 0.2) is 0 Å². The third-order valence-electron chi connectivity index (χ3n) is 6.32. The summed E-state index contributed by atoms with van der Waals surface area (Å²) in [5.41, 5.74) is 5.35. The average Bonchev–Trinajstić information content (AvgIpc) is 3.43. The standard InChI is InChI=1S/C28H30N2O2/c29-27(31)28(23-7-3-1-4-8-23,24-9-5-2-6-10-24)25-14-17-30(20-25)16-13-21-11-12-26-22(19-21)15-18-32-26/h1-12,19,25H,13-18,20H2,(H2,29,31)/t25-/m1/s1/i11D,12D,13D2,15D2,18D2,19D. The van der Waals surface area contributed by atoms with E-state index in [1.54, 1.807) is 4.90 Å². The van der Waals surface area contributed by atoms with Crippen LogP contribution in [0.3, 0.4) is 0 Å². The van der Waals surface area contributed by atoms with Crippen LogP contribution in [-0.4, -0.2) is 37.0 Å². The predicted octanol–water partition coefficient (Wildman–Crippen LogP) is 3.96. The Morgan fingerprint density at radius 1 is 1.16 bits per heavy atom. The molecule has 164 valence electrons. The van der Waals surface area contributed by atoms with Crippen molar-refractivity contribution in [3.63, 3.8) is 0 Å². The molecule has 32 heavy (non-hydrogen) atoms. The maximum Gasteiger partial charge on any atom is 0.232 e. The molecule has 4 heteroatoms. The summed E-state index contributed by atoms with van der Waals surface area (Å²) in [6, 6.07) is 16.5. The lowest BCUT2D eigenvalue weighted by Crippen LogP contribution is -2.49. The number of fused-ring (bicyclic) bond motifs is 1. The number of benzene rings is 3. The van der Waals surface area contributed by atoms with Crippen LogP contribution in [0.4, 0.5) is 0 Å². The Bertz CT molecular complexity index is 1440. The third kappa shape index (κ3) is 3.69. The molecule has 0 aliphatic carbocycles. The van der Waals surface area contributed by atoms with Crippen molar-refractivity contribution in [1.29, 1.82) is 0 Å². The SMILES string of the molecule is [2H]c1c([2H])c(C([2H])([2H])CN2CC[C@@H](C(C(N)=O)(c3ccccc3)c3ccccc3)C2)c([2H])c2c1OC([2H])([2H])C2([2H])[2H]. The summed E-state index contributed by atoms with van der Waals surface area (Å²) in [6.07, 6.45) is -4.69. The fraction of sp³-hybridized carbons (Fsp3) is 0.321. The number of rotatable bonds is 7. The molecule has 0 spiro atoms. The zero-order valence-electron chi connectivity index (χ0n) is 26.5. The highest BCUT2D eigenvalue weighted by atomic mass is 16.5. The van der Waals surface area contributed by atoms with Gasteiger partial charge in [0, 0.05) is 24.9 Å². The van der Waals surface area contributed by atoms with Crippen LogP contribution >= 0.6 is 0 Å². The molecule has 1 saturated heterocycles. The maximum atomic E-state index is 13.4. The summed E-state index contributed by atoms with van der Waals surface area (Å²) in [5, 5.41) is 0. The van der Waals surface area contributed by atoms with Crippen LogP contribution in [0.5, 0.6) is 5.75 Å². The number of primary amides is 1. The molecular formula is C28H30N2O2. The number of carbonyl (C=O) groups excluding carboxylic acids is 1. The van der Waals surface area contributed by atoms with Gasteiger partial charge in [0.1, 0.15) is 11.2 Å². The highest BCUT2D eigenvalue weighted by Gasteiger charge is 2.49. The van der Waals surface area contributed by atoms with Crippen LogP contribution < -0.4 is 10.5 Å². The molecule has 4 nitrogen and oxygen atoms in total. The van der Waals surface area contributed by atoms with Crippen molar-refractivity contribution in [2.75, 3.05) is 26.2 Å². The molecule has 2 aliphatic rings. The lowest BCUT2D eigenvalue weighted by molar-refractivity contribution is -0.123. The zero-order chi connectivity index (χ0) is 30.0. The third-order valence-corrected chi connectivity index (χ3v) is 6.32. The van der Waals surface area contributed by atoms with Gasteiger partial charge >= 0.3 is 0 Å². The van der Waals surface area contributed by atoms with Gasteiger partial charge in [-0.15, -0.1) is 0 Å². The monoisotopic (exact) mass is 435 g/mol. The molecule has 2 N–H and O–H groups in total. The summed E-state index contributed by atoms with van der Waals surface area (Å²) < 4.78 is 80.5. The van der Waals surface area contributed by atoms with Gasteiger partial charge in [0.2, 0.25) is 5.91 Å². The Morgan fingerprint density at radius 3 is 2.50 bits per heavy atom. The van der Waals surface area contributed by atoms with Gasteiger partial charge < -0.3 is 15.4 Å². The molecule has 1 fully saturated rings. The van der Waals surface area contributed by atoms with Crippen molar-refractivity contribution >= 4 is 5.91 Å². The Morgan fingerprint density at radius 2 is 1.84 bits per heavy atom. The lowest BCUT2D eigenvalue weighted by atomic mass is 9.64. The number of ether oxygens (including phenoxy) is 1. The maximum absolute atomic E-state index is 13.4. The summed E-state index contributed by atoms with van der Waals surface area (Å²) in [7, 11) is 0. The van der Waals surface area contributed by atoms with Gasteiger partial charge in [-0.2, -0.15) is 0 Å². The molecule has 1 atom stereocenters. The summed E-state index contributed by atoms with van der Waals surface area (Å²) in [4.78, 5) is 15.1. The largest absolute Gasteiger partial charge is 0.493 e. The van der Waals surface area contributed by atoms with E-state index in [1.165, 1.54) is 0 Å². The molecule has 0 radical (unpaired) electrons. The molecule has 5 rings (SSSR count). The Labute approximate surface area is 202 Å². The van der Waals surface area contributed by atoms with Crippen molar-refractivity contribution in [3.05, 3.63) is 101 Å². The highest BCUT2D eigenvalue weighted by molar-refractivity contribution is 5.91. The van der Waals surface area contributed by atoms with E-state index in [0.29, 0.717) is 13.0 Å². The molecule has 0 aromatic heterocycles. The van der Waals surface area contributed by atoms with Gasteiger partial charge in [0.05, 0.1) is 13.4 Å². The van der Waals surface area contributed by atoms with Crippen LogP contribution in [-0.2, 0) is 23.0 Å². The first-order valence-corrected chi connectivity index (χ1v) is 10.6. The van der Waals surface area contributed by atoms with E-state index in [0.717, 1.165) is 11.1 Å². The minimum Gasteiger partial charge on any atom is -0.493 e. The van der Waals surface area contributed by atoms with E-state index in [4.69, 9.17) is 22.8 Å². The minimum absolute atomic E-state index is 0.276. The first-order valence-electron chi connectivity index (χ1n) is 15.1. The van der Waals surface area contributed by atoms with Gasteiger partial charge in [-0.25, -0.2) is 0 Å². The summed E-state index contributed by atoms with van der Waals surface area (Å²) in [5.74, 6) is -1.40. The second-order valence-electron chi connectivity index (χ2n) is 8.09. The van der Waals surface area contributed by atoms with E-state index >= 15 is 0 Å². The summed E-state index contributed by atoms with van der Waals surface area (Å²) >= 11 is 0. The van der Waals surface area contributed by atoms with Crippen molar-refractivity contribution in [1.82, 2.24) is 4.90 Å². The van der Waals surface area contributed by atoms with Crippen LogP contribution in [0.15, 0.2) is 78.8 Å². The number of nitrogens with two attached hydrogens (primary N) is 1. The fourth-order valence-electron chi connectivity index (χ4n) is 4.82. The minimum atomic E-state index is -2.88. The van der Waals surface area contributed by atoms with Crippen molar-refractivity contribution in [3.8, 4) is 5.75 Å². The van der Waals surface area contributed by atoms with Crippen molar-refractivity contribution < 1.29 is 21.9 Å². The molecule has 0 bridgehead atoms. The lowest BCUT2D eigenvalue weighted by Gasteiger charge is -2.37. The number of nitrogens with zero attached hydrogens (tertiary/aromatic N) is 1. The van der Waals surface area contributed by atoms with Gasteiger partial charge in [-0.1, -0.05) is 72.7 Å². The summed E-state index contributed by atoms with van der Waals surface area (Å²) in [6.45, 7) is -2.51. The number of amides is 1. The first kappa shape index (κ1) is 12.8. The van der Waals surface area contributed by atoms with E-state index < -0.39 is 65.6 Å². The van der Waals surface area contributed by atoms with Gasteiger partial charge in [0.25, 0.3) is 0 Å². The van der Waals surface area contributed by atoms with Crippen molar-refractivity contribution in [2.24, 2.45) is 11.7 Å². The smallest absolute Gasteiger partial charge is 0.232 e. The molecular weight excluding hydrogens is 396 g/mol. The molecule has 1 amide bonds. The quantitative estimate of drug-likeness (QED) is 0.611. The van der Waals surface area contributed by atoms with E-state index in [2.05, 4.69) is 0 Å². The first-order chi connectivity index (χ1) is 19.2. The van der Waals surface area contributed by atoms with E-state index in [9.17, 15) is 4.79 Å². The molecule has 3 aromatic carbocycles. The number of likely N-dealkylation sites (tertiary alicyclic amines) is 1. The van der Waals surface area contributed by atoms with Crippen molar-refractivity contribution in [2.45, 2.75) is 24.6 Å². The normalized spacial score (nSPS) is 26.0. The average molecular weight is 436 g/mol. The fourth-order valence-corrected chi connectivity index (χ4v) is 4.82. The van der Waals surface area contributed by atoms with E-state index in [-0.39, 0.29) is 19.0 Å². The van der Waals surface area contributed by atoms with Gasteiger partial charge in [-0.05, 0) is 53.6 Å². The molecule has 3 aromatic rings. The second-order valence-corrected chi connectivity index (χ2v) is 8.09. The topological polar surface area (TPSA) is 55.6 Å². The second kappa shape index (κ2) is 8.79. The van der Waals surface area contributed by atoms with Gasteiger partial charge in [-0.3, -0.25) is 4.79 Å². The molecule has 0 saturated carbocycles. The highest BCUT2D eigenvalue weighted by Crippen LogP contribution is 2.43. The van der Waals surface area contributed by atoms with Crippen LogP contribution in [0.2, 0.25) is 0 Å². The zero-order valence-corrected chi connectivity index (χ0v) is 17.5. The van der Waals surface area contributed by atoms with E-state index in [1.807, 2.05) is 60.7 Å². The molecule has 0 unspecified atom stereocenters. The number of hydrogen-bond donors (Lipinski definition) is 1. The van der Waals surface area contributed by atoms with Crippen LogP contribution in [0, 0.1) is 5.92 Å². The number of carbonyl (C=O) groups is 1. The Kier molecular flexibility index (Phi) is 3.52.